The zero-order chi connectivity index (χ0) is 14.6. The lowest BCUT2D eigenvalue weighted by atomic mass is 10.2. The van der Waals surface area contributed by atoms with Gasteiger partial charge in [0.2, 0.25) is 0 Å². The Labute approximate surface area is 121 Å². The predicted molar refractivity (Wildman–Crippen MR) is 79.7 cm³/mol. The van der Waals surface area contributed by atoms with Crippen molar-refractivity contribution >= 4 is 0 Å². The maximum atomic E-state index is 8.91. The number of hydrogen-bond acceptors (Lipinski definition) is 4. The molecule has 2 N–H and O–H groups in total. The van der Waals surface area contributed by atoms with Crippen LogP contribution in [0.25, 0.3) is 0 Å². The standard InChI is InChI=1S/C16H23NO3/c1-2-17(9-12-19)10-13-20-16-8-5-7-15(14-16)6-3-4-11-18/h5,7-8,14,18-19H,2,4,9-13H2,1H3. The van der Waals surface area contributed by atoms with Gasteiger partial charge in [0, 0.05) is 25.1 Å². The Morgan fingerprint density at radius 3 is 2.75 bits per heavy atom. The van der Waals surface area contributed by atoms with E-state index in [0.29, 0.717) is 19.6 Å². The molecule has 110 valence electrons. The molecule has 0 aliphatic carbocycles. The summed E-state index contributed by atoms with van der Waals surface area (Å²) in [4.78, 5) is 2.13. The fourth-order valence-corrected chi connectivity index (χ4v) is 1.75. The molecule has 1 aromatic carbocycles. The van der Waals surface area contributed by atoms with Gasteiger partial charge >= 0.3 is 0 Å². The molecular formula is C16H23NO3. The van der Waals surface area contributed by atoms with E-state index >= 15 is 0 Å². The molecule has 0 fully saturated rings. The van der Waals surface area contributed by atoms with Crippen LogP contribution in [0.1, 0.15) is 18.9 Å². The Bertz CT molecular complexity index is 437. The van der Waals surface area contributed by atoms with Gasteiger partial charge in [0.15, 0.2) is 0 Å². The van der Waals surface area contributed by atoms with Gasteiger partial charge in [-0.3, -0.25) is 4.90 Å². The van der Waals surface area contributed by atoms with Crippen LogP contribution in [0.15, 0.2) is 24.3 Å². The van der Waals surface area contributed by atoms with Crippen molar-refractivity contribution in [1.82, 2.24) is 4.90 Å². The Hall–Kier alpha value is -1.54. The summed E-state index contributed by atoms with van der Waals surface area (Å²) in [5, 5.41) is 17.6. The molecule has 4 nitrogen and oxygen atoms in total. The Morgan fingerprint density at radius 2 is 2.05 bits per heavy atom. The van der Waals surface area contributed by atoms with Gasteiger partial charge in [-0.25, -0.2) is 0 Å². The van der Waals surface area contributed by atoms with Crippen LogP contribution in [0.3, 0.4) is 0 Å². The van der Waals surface area contributed by atoms with Crippen LogP contribution in [0.5, 0.6) is 5.75 Å². The second-order valence-corrected chi connectivity index (χ2v) is 4.31. The van der Waals surface area contributed by atoms with Crippen LogP contribution >= 0.6 is 0 Å². The van der Waals surface area contributed by atoms with Gasteiger partial charge in [0.1, 0.15) is 12.4 Å². The summed E-state index contributed by atoms with van der Waals surface area (Å²) >= 11 is 0. The second kappa shape index (κ2) is 10.3. The van der Waals surface area contributed by atoms with Gasteiger partial charge < -0.3 is 14.9 Å². The third kappa shape index (κ3) is 6.58. The summed E-state index contributed by atoms with van der Waals surface area (Å²) < 4.78 is 5.69. The topological polar surface area (TPSA) is 52.9 Å². The normalized spacial score (nSPS) is 10.2. The molecule has 0 aliphatic heterocycles. The molecule has 1 aromatic rings. The molecule has 0 radical (unpaired) electrons. The third-order valence-electron chi connectivity index (χ3n) is 2.84. The van der Waals surface area contributed by atoms with Crippen molar-refractivity contribution in [2.45, 2.75) is 13.3 Å². The summed E-state index contributed by atoms with van der Waals surface area (Å²) in [6, 6.07) is 7.62. The number of benzene rings is 1. The van der Waals surface area contributed by atoms with Crippen LogP contribution in [0.4, 0.5) is 0 Å². The van der Waals surface area contributed by atoms with Gasteiger partial charge in [0.05, 0.1) is 13.2 Å². The van der Waals surface area contributed by atoms with Crippen molar-refractivity contribution in [2.24, 2.45) is 0 Å². The van der Waals surface area contributed by atoms with Gasteiger partial charge in [-0.05, 0) is 24.7 Å². The smallest absolute Gasteiger partial charge is 0.120 e. The zero-order valence-corrected chi connectivity index (χ0v) is 12.0. The largest absolute Gasteiger partial charge is 0.492 e. The van der Waals surface area contributed by atoms with E-state index in [-0.39, 0.29) is 13.2 Å². The monoisotopic (exact) mass is 277 g/mol. The third-order valence-corrected chi connectivity index (χ3v) is 2.84. The van der Waals surface area contributed by atoms with Crippen molar-refractivity contribution in [3.05, 3.63) is 29.8 Å². The molecule has 0 spiro atoms. The van der Waals surface area contributed by atoms with Crippen LogP contribution in [-0.2, 0) is 0 Å². The first-order valence-corrected chi connectivity index (χ1v) is 6.96. The molecular weight excluding hydrogens is 254 g/mol. The quantitative estimate of drug-likeness (QED) is 0.699. The fraction of sp³-hybridized carbons (Fsp3) is 0.500. The maximum absolute atomic E-state index is 8.91. The van der Waals surface area contributed by atoms with Gasteiger partial charge in [-0.1, -0.05) is 24.8 Å². The van der Waals surface area contributed by atoms with Crippen molar-refractivity contribution in [3.63, 3.8) is 0 Å². The van der Waals surface area contributed by atoms with E-state index in [9.17, 15) is 0 Å². The van der Waals surface area contributed by atoms with Crippen LogP contribution in [-0.4, -0.2) is 54.6 Å². The molecule has 0 saturated heterocycles. The molecule has 0 amide bonds. The minimum absolute atomic E-state index is 0.0842. The first-order chi connectivity index (χ1) is 9.80. The molecule has 0 atom stereocenters. The van der Waals surface area contributed by atoms with E-state index in [0.717, 1.165) is 24.4 Å². The predicted octanol–water partition coefficient (Wildman–Crippen LogP) is 1.11. The lowest BCUT2D eigenvalue weighted by Crippen LogP contribution is -2.30. The molecule has 0 aliphatic rings. The van der Waals surface area contributed by atoms with Crippen molar-refractivity contribution in [1.29, 1.82) is 0 Å². The highest BCUT2D eigenvalue weighted by Crippen LogP contribution is 2.12. The van der Waals surface area contributed by atoms with E-state index < -0.39 is 0 Å². The average Bonchev–Trinajstić information content (AvgIpc) is 2.47. The van der Waals surface area contributed by atoms with Crippen LogP contribution in [0, 0.1) is 11.8 Å². The number of rotatable bonds is 8. The SMILES string of the molecule is CCN(CCO)CCOc1cccc(C#CCCO)c1. The molecule has 1 rings (SSSR count). The molecule has 0 unspecified atom stereocenters. The van der Waals surface area contributed by atoms with Gasteiger partial charge in [0.25, 0.3) is 0 Å². The average molecular weight is 277 g/mol. The second-order valence-electron chi connectivity index (χ2n) is 4.31. The molecule has 0 bridgehead atoms. The summed E-state index contributed by atoms with van der Waals surface area (Å²) in [6.45, 7) is 5.26. The van der Waals surface area contributed by atoms with Crippen molar-refractivity contribution in [3.8, 4) is 17.6 Å². The van der Waals surface area contributed by atoms with Crippen LogP contribution in [0.2, 0.25) is 0 Å². The molecule has 0 heterocycles. The maximum Gasteiger partial charge on any atom is 0.120 e. The minimum Gasteiger partial charge on any atom is -0.492 e. The highest BCUT2D eigenvalue weighted by atomic mass is 16.5. The first kappa shape index (κ1) is 16.5. The van der Waals surface area contributed by atoms with Crippen molar-refractivity contribution < 1.29 is 14.9 Å². The summed E-state index contributed by atoms with van der Waals surface area (Å²) in [6.07, 6.45) is 0.484. The Kier molecular flexibility index (Phi) is 8.48. The zero-order valence-electron chi connectivity index (χ0n) is 12.0. The van der Waals surface area contributed by atoms with Gasteiger partial charge in [-0.15, -0.1) is 0 Å². The Morgan fingerprint density at radius 1 is 1.20 bits per heavy atom. The molecule has 0 saturated carbocycles. The van der Waals surface area contributed by atoms with Crippen molar-refractivity contribution in [2.75, 3.05) is 39.5 Å². The van der Waals surface area contributed by atoms with E-state index in [1.54, 1.807) is 0 Å². The molecule has 4 heteroatoms. The lowest BCUT2D eigenvalue weighted by Gasteiger charge is -2.19. The van der Waals surface area contributed by atoms with E-state index in [2.05, 4.69) is 23.7 Å². The van der Waals surface area contributed by atoms with E-state index in [4.69, 9.17) is 14.9 Å². The number of ether oxygens (including phenoxy) is 1. The highest BCUT2D eigenvalue weighted by molar-refractivity contribution is 5.39. The molecule has 20 heavy (non-hydrogen) atoms. The minimum atomic E-state index is 0.0842. The number of aliphatic hydroxyl groups is 2. The lowest BCUT2D eigenvalue weighted by molar-refractivity contribution is 0.174. The summed E-state index contributed by atoms with van der Waals surface area (Å²) in [5.74, 6) is 6.66. The van der Waals surface area contributed by atoms with Gasteiger partial charge in [-0.2, -0.15) is 0 Å². The Balaban J connectivity index is 2.44. The number of hydrogen-bond donors (Lipinski definition) is 2. The van der Waals surface area contributed by atoms with E-state index in [1.165, 1.54) is 0 Å². The van der Waals surface area contributed by atoms with Crippen LogP contribution < -0.4 is 4.74 Å². The number of aliphatic hydroxyl groups excluding tert-OH is 2. The first-order valence-electron chi connectivity index (χ1n) is 6.96. The fourth-order valence-electron chi connectivity index (χ4n) is 1.75. The number of nitrogens with zero attached hydrogens (tertiary/aromatic N) is 1. The highest BCUT2D eigenvalue weighted by Gasteiger charge is 2.01. The van der Waals surface area contributed by atoms with E-state index in [1.807, 2.05) is 24.3 Å². The molecule has 0 aromatic heterocycles. The summed E-state index contributed by atoms with van der Waals surface area (Å²) in [7, 11) is 0. The number of likely N-dealkylation sites (N-methyl/N-ethyl adjacent to an activating group) is 1. The summed E-state index contributed by atoms with van der Waals surface area (Å²) in [5.41, 5.74) is 0.888.